The number of esters is 4. The van der Waals surface area contributed by atoms with Crippen LogP contribution in [0.4, 0.5) is 0 Å². The van der Waals surface area contributed by atoms with E-state index in [4.69, 9.17) is 47.4 Å². The van der Waals surface area contributed by atoms with Gasteiger partial charge in [0, 0.05) is 27.7 Å². The zero-order valence-corrected chi connectivity index (χ0v) is 31.6. The van der Waals surface area contributed by atoms with E-state index in [0.29, 0.717) is 0 Å². The highest BCUT2D eigenvalue weighted by Crippen LogP contribution is 2.33. The minimum Gasteiger partial charge on any atom is -0.463 e. The molecule has 2 fully saturated rings. The number of carbonyl (C=O) groups is 4. The fourth-order valence-electron chi connectivity index (χ4n) is 6.41. The van der Waals surface area contributed by atoms with Gasteiger partial charge in [0.15, 0.2) is 30.9 Å². The quantitative estimate of drug-likeness (QED) is 0.155. The van der Waals surface area contributed by atoms with Gasteiger partial charge in [0.1, 0.15) is 37.1 Å². The van der Waals surface area contributed by atoms with E-state index < -0.39 is 91.9 Å². The van der Waals surface area contributed by atoms with Gasteiger partial charge in [-0.3, -0.25) is 19.2 Å². The van der Waals surface area contributed by atoms with Gasteiger partial charge in [0.2, 0.25) is 0 Å². The van der Waals surface area contributed by atoms with E-state index in [2.05, 4.69) is 0 Å². The molecule has 0 spiro atoms. The van der Waals surface area contributed by atoms with Gasteiger partial charge in [0.25, 0.3) is 0 Å². The van der Waals surface area contributed by atoms with Crippen molar-refractivity contribution in [2.24, 2.45) is 0 Å². The van der Waals surface area contributed by atoms with E-state index in [1.54, 1.807) is 0 Å². The van der Waals surface area contributed by atoms with E-state index in [0.717, 1.165) is 37.5 Å². The minimum atomic E-state index is -1.53. The summed E-state index contributed by atoms with van der Waals surface area (Å²) in [5.41, 5.74) is 2.57. The molecule has 15 nitrogen and oxygen atoms in total. The molecule has 0 amide bonds. The molecule has 2 saturated heterocycles. The van der Waals surface area contributed by atoms with Crippen LogP contribution in [-0.4, -0.2) is 104 Å². The molecule has 3 aromatic carbocycles. The van der Waals surface area contributed by atoms with E-state index in [1.807, 2.05) is 91.0 Å². The van der Waals surface area contributed by atoms with Crippen molar-refractivity contribution in [3.05, 3.63) is 108 Å². The van der Waals surface area contributed by atoms with Crippen LogP contribution in [0.1, 0.15) is 44.4 Å². The van der Waals surface area contributed by atoms with Gasteiger partial charge >= 0.3 is 23.9 Å². The van der Waals surface area contributed by atoms with Crippen LogP contribution < -0.4 is 0 Å². The number of aliphatic hydroxyl groups excluding tert-OH is 1. The molecule has 0 bridgehead atoms. The lowest BCUT2D eigenvalue weighted by Gasteiger charge is -2.46. The Bertz CT molecular complexity index is 1690. The molecule has 0 radical (unpaired) electrons. The smallest absolute Gasteiger partial charge is 0.303 e. The Labute approximate surface area is 325 Å². The van der Waals surface area contributed by atoms with Crippen LogP contribution in [0.2, 0.25) is 0 Å². The third-order valence-electron chi connectivity index (χ3n) is 8.84. The highest BCUT2D eigenvalue weighted by molar-refractivity contribution is 5.68. The third kappa shape index (κ3) is 12.4. The van der Waals surface area contributed by atoms with Crippen molar-refractivity contribution >= 4 is 23.9 Å². The molecule has 0 unspecified atom stereocenters. The molecule has 302 valence electrons. The van der Waals surface area contributed by atoms with Gasteiger partial charge in [-0.1, -0.05) is 91.0 Å². The normalized spacial score (nSPS) is 27.4. The summed E-state index contributed by atoms with van der Waals surface area (Å²) < 4.78 is 59.7. The minimum absolute atomic E-state index is 0.122. The number of rotatable bonds is 17. The van der Waals surface area contributed by atoms with Crippen molar-refractivity contribution < 1.29 is 71.7 Å². The van der Waals surface area contributed by atoms with Crippen LogP contribution in [0, 0.1) is 0 Å². The Morgan fingerprint density at radius 3 is 1.39 bits per heavy atom. The summed E-state index contributed by atoms with van der Waals surface area (Å²) in [7, 11) is 0. The first-order valence-electron chi connectivity index (χ1n) is 18.2. The summed E-state index contributed by atoms with van der Waals surface area (Å²) in [4.78, 5) is 48.7. The van der Waals surface area contributed by atoms with Crippen molar-refractivity contribution in [2.75, 3.05) is 13.2 Å². The van der Waals surface area contributed by atoms with Crippen molar-refractivity contribution in [3.8, 4) is 0 Å². The monoisotopic (exact) mass is 780 g/mol. The number of carbonyl (C=O) groups excluding carboxylic acids is 4. The molecule has 56 heavy (non-hydrogen) atoms. The first-order chi connectivity index (χ1) is 27.0. The summed E-state index contributed by atoms with van der Waals surface area (Å²) in [5, 5.41) is 11.5. The number of ether oxygens (including phenoxy) is 10. The second-order valence-corrected chi connectivity index (χ2v) is 13.2. The molecule has 15 heteroatoms. The molecule has 2 aliphatic rings. The molecule has 5 rings (SSSR count). The fraction of sp³-hybridized carbons (Fsp3) is 0.463. The van der Waals surface area contributed by atoms with Crippen LogP contribution in [-0.2, 0) is 86.4 Å². The molecule has 0 saturated carbocycles. The van der Waals surface area contributed by atoms with Crippen molar-refractivity contribution in [2.45, 2.75) is 109 Å². The lowest BCUT2D eigenvalue weighted by Crippen LogP contribution is -2.64. The standard InChI is InChI=1S/C41H48O15/c1-25(42)47-23-33-35(52-26(2)43)37(53-27(3)44)39(54-28(4)45)41(56-33)51-24-32-34(48-20-29-14-8-5-9-15-29)36(49-21-30-16-10-6-11-17-30)38(40(46)55-32)50-22-31-18-12-7-13-19-31/h5-19,32-41,46H,20-24H2,1-4H3/t32-,33-,34-,35+,36+,37+,38-,39-,40+,41-/m1/s1. The molecule has 0 aliphatic carbocycles. The number of hydrogen-bond acceptors (Lipinski definition) is 15. The second kappa shape index (κ2) is 21.0. The molecule has 1 N–H and O–H groups in total. The SMILES string of the molecule is CC(=O)OC[C@H]1O[C@@H](OC[C@H]2O[C@H](O)[C@H](OCc3ccccc3)[C@@H](OCc3ccccc3)[C@@H]2OCc2ccccc2)[C@H](OC(C)=O)[C@@H](OC(C)=O)[C@H]1OC(C)=O. The summed E-state index contributed by atoms with van der Waals surface area (Å²) in [5.74, 6) is -3.00. The summed E-state index contributed by atoms with van der Waals surface area (Å²) in [6.07, 6.45) is -12.5. The van der Waals surface area contributed by atoms with Crippen LogP contribution in [0.25, 0.3) is 0 Å². The Morgan fingerprint density at radius 2 is 0.911 bits per heavy atom. The maximum absolute atomic E-state index is 12.4. The van der Waals surface area contributed by atoms with E-state index in [1.165, 1.54) is 6.92 Å². The average molecular weight is 781 g/mol. The largest absolute Gasteiger partial charge is 0.463 e. The van der Waals surface area contributed by atoms with Gasteiger partial charge in [-0.2, -0.15) is 0 Å². The second-order valence-electron chi connectivity index (χ2n) is 13.2. The number of hydrogen-bond donors (Lipinski definition) is 1. The van der Waals surface area contributed by atoms with Crippen molar-refractivity contribution in [1.82, 2.24) is 0 Å². The van der Waals surface area contributed by atoms with Crippen LogP contribution in [0.5, 0.6) is 0 Å². The highest BCUT2D eigenvalue weighted by atomic mass is 16.7. The van der Waals surface area contributed by atoms with Crippen molar-refractivity contribution in [3.63, 3.8) is 0 Å². The first kappa shape index (κ1) is 42.4. The summed E-state index contributed by atoms with van der Waals surface area (Å²) >= 11 is 0. The summed E-state index contributed by atoms with van der Waals surface area (Å²) in [6, 6.07) is 28.3. The van der Waals surface area contributed by atoms with Gasteiger partial charge in [-0.15, -0.1) is 0 Å². The lowest BCUT2D eigenvalue weighted by atomic mass is 9.97. The number of benzene rings is 3. The molecular weight excluding hydrogens is 732 g/mol. The molecule has 2 aliphatic heterocycles. The Balaban J connectivity index is 1.46. The molecular formula is C41H48O15. The Kier molecular flexibility index (Phi) is 15.9. The maximum atomic E-state index is 12.4. The maximum Gasteiger partial charge on any atom is 0.303 e. The molecule has 2 heterocycles. The van der Waals surface area contributed by atoms with Crippen molar-refractivity contribution in [1.29, 1.82) is 0 Å². The average Bonchev–Trinajstić information content (AvgIpc) is 3.17. The molecule has 10 atom stereocenters. The van der Waals surface area contributed by atoms with Gasteiger partial charge in [-0.05, 0) is 16.7 Å². The van der Waals surface area contributed by atoms with Crippen LogP contribution in [0.15, 0.2) is 91.0 Å². The molecule has 0 aromatic heterocycles. The Hall–Kier alpha value is -4.74. The Morgan fingerprint density at radius 1 is 0.482 bits per heavy atom. The van der Waals surface area contributed by atoms with E-state index in [-0.39, 0.29) is 26.4 Å². The zero-order valence-electron chi connectivity index (χ0n) is 31.6. The highest BCUT2D eigenvalue weighted by Gasteiger charge is 2.54. The van der Waals surface area contributed by atoms with E-state index >= 15 is 0 Å². The molecule has 3 aromatic rings. The van der Waals surface area contributed by atoms with Gasteiger partial charge in [0.05, 0.1) is 26.4 Å². The lowest BCUT2D eigenvalue weighted by molar-refractivity contribution is -0.339. The van der Waals surface area contributed by atoms with Gasteiger partial charge in [-0.25, -0.2) is 0 Å². The van der Waals surface area contributed by atoms with Crippen LogP contribution >= 0.6 is 0 Å². The van der Waals surface area contributed by atoms with Gasteiger partial charge < -0.3 is 52.5 Å². The predicted molar refractivity (Wildman–Crippen MR) is 194 cm³/mol. The predicted octanol–water partition coefficient (Wildman–Crippen LogP) is 3.56. The number of aliphatic hydroxyl groups is 1. The van der Waals surface area contributed by atoms with Crippen LogP contribution in [0.3, 0.4) is 0 Å². The topological polar surface area (TPSA) is 181 Å². The fourth-order valence-corrected chi connectivity index (χ4v) is 6.41. The third-order valence-corrected chi connectivity index (χ3v) is 8.84. The zero-order chi connectivity index (χ0) is 40.0. The first-order valence-corrected chi connectivity index (χ1v) is 18.2. The van der Waals surface area contributed by atoms with E-state index in [9.17, 15) is 24.3 Å². The summed E-state index contributed by atoms with van der Waals surface area (Å²) in [6.45, 7) is 4.16.